The molecule has 0 spiro atoms. The van der Waals surface area contributed by atoms with Gasteiger partial charge < -0.3 is 15.3 Å². The first-order valence-corrected chi connectivity index (χ1v) is 5.81. The predicted molar refractivity (Wildman–Crippen MR) is 66.1 cm³/mol. The quantitative estimate of drug-likeness (QED) is 0.859. The first-order chi connectivity index (χ1) is 8.79. The standard InChI is InChI=1S/C11H17F3N4O/c1-7(2)18(4-5-19)9-6-8(11(12,13)14)16-10(15-3)17-9/h6-7,19H,4-5H2,1-3H3,(H,15,16,17). The topological polar surface area (TPSA) is 61.3 Å². The minimum Gasteiger partial charge on any atom is -0.395 e. The second-order valence-electron chi connectivity index (χ2n) is 4.19. The third-order valence-electron chi connectivity index (χ3n) is 2.49. The summed E-state index contributed by atoms with van der Waals surface area (Å²) in [5.41, 5.74) is -1.01. The molecule has 0 aromatic carbocycles. The molecule has 8 heteroatoms. The van der Waals surface area contributed by atoms with Crippen molar-refractivity contribution in [3.8, 4) is 0 Å². The Morgan fingerprint density at radius 3 is 2.42 bits per heavy atom. The van der Waals surface area contributed by atoms with Gasteiger partial charge in [0.2, 0.25) is 5.95 Å². The van der Waals surface area contributed by atoms with E-state index in [1.54, 1.807) is 4.90 Å². The Morgan fingerprint density at radius 1 is 1.37 bits per heavy atom. The molecule has 1 aromatic rings. The average Bonchev–Trinajstić information content (AvgIpc) is 2.33. The highest BCUT2D eigenvalue weighted by atomic mass is 19.4. The molecule has 0 aliphatic rings. The highest BCUT2D eigenvalue weighted by Crippen LogP contribution is 2.30. The number of aliphatic hydroxyl groups excluding tert-OH is 1. The van der Waals surface area contributed by atoms with E-state index in [1.807, 2.05) is 13.8 Å². The minimum absolute atomic E-state index is 0.0900. The van der Waals surface area contributed by atoms with Gasteiger partial charge in [-0.15, -0.1) is 0 Å². The lowest BCUT2D eigenvalue weighted by atomic mass is 10.3. The number of anilines is 2. The molecule has 0 fully saturated rings. The molecule has 0 amide bonds. The zero-order chi connectivity index (χ0) is 14.6. The maximum atomic E-state index is 12.7. The van der Waals surface area contributed by atoms with Gasteiger partial charge in [-0.05, 0) is 13.8 Å². The third-order valence-corrected chi connectivity index (χ3v) is 2.49. The highest BCUT2D eigenvalue weighted by molar-refractivity contribution is 5.46. The van der Waals surface area contributed by atoms with Crippen molar-refractivity contribution < 1.29 is 18.3 Å². The molecular weight excluding hydrogens is 261 g/mol. The van der Waals surface area contributed by atoms with Crippen LogP contribution in [0.4, 0.5) is 24.9 Å². The van der Waals surface area contributed by atoms with Gasteiger partial charge in [-0.25, -0.2) is 4.98 Å². The second-order valence-corrected chi connectivity index (χ2v) is 4.19. The third kappa shape index (κ3) is 3.95. The number of hydrogen-bond donors (Lipinski definition) is 2. The number of rotatable bonds is 5. The maximum absolute atomic E-state index is 12.7. The summed E-state index contributed by atoms with van der Waals surface area (Å²) in [5, 5.41) is 11.5. The number of aromatic nitrogens is 2. The summed E-state index contributed by atoms with van der Waals surface area (Å²) >= 11 is 0. The van der Waals surface area contributed by atoms with Crippen LogP contribution in [0.2, 0.25) is 0 Å². The molecule has 1 aromatic heterocycles. The van der Waals surface area contributed by atoms with Crippen molar-refractivity contribution in [1.29, 1.82) is 0 Å². The van der Waals surface area contributed by atoms with Crippen molar-refractivity contribution in [1.82, 2.24) is 9.97 Å². The molecule has 0 bridgehead atoms. The fraction of sp³-hybridized carbons (Fsp3) is 0.636. The molecule has 0 aliphatic carbocycles. The van der Waals surface area contributed by atoms with E-state index in [-0.39, 0.29) is 31.0 Å². The molecule has 0 radical (unpaired) electrons. The van der Waals surface area contributed by atoms with Crippen molar-refractivity contribution in [3.63, 3.8) is 0 Å². The van der Waals surface area contributed by atoms with E-state index in [2.05, 4.69) is 15.3 Å². The summed E-state index contributed by atoms with van der Waals surface area (Å²) in [6.45, 7) is 3.65. The molecule has 19 heavy (non-hydrogen) atoms. The van der Waals surface area contributed by atoms with Crippen LogP contribution in [0.5, 0.6) is 0 Å². The predicted octanol–water partition coefficient (Wildman–Crippen LogP) is 1.74. The minimum atomic E-state index is -4.54. The van der Waals surface area contributed by atoms with Crippen LogP contribution < -0.4 is 10.2 Å². The van der Waals surface area contributed by atoms with E-state index >= 15 is 0 Å². The molecule has 0 unspecified atom stereocenters. The van der Waals surface area contributed by atoms with E-state index < -0.39 is 11.9 Å². The monoisotopic (exact) mass is 278 g/mol. The normalized spacial score (nSPS) is 11.8. The highest BCUT2D eigenvalue weighted by Gasteiger charge is 2.34. The molecular formula is C11H17F3N4O. The van der Waals surface area contributed by atoms with Crippen LogP contribution in [0.15, 0.2) is 6.07 Å². The smallest absolute Gasteiger partial charge is 0.395 e. The first kappa shape index (κ1) is 15.5. The Bertz CT molecular complexity index is 423. The van der Waals surface area contributed by atoms with Gasteiger partial charge in [0.1, 0.15) is 5.82 Å². The summed E-state index contributed by atoms with van der Waals surface area (Å²) in [7, 11) is 1.45. The van der Waals surface area contributed by atoms with Crippen molar-refractivity contribution in [2.75, 3.05) is 30.4 Å². The Morgan fingerprint density at radius 2 is 2.00 bits per heavy atom. The van der Waals surface area contributed by atoms with E-state index in [0.717, 1.165) is 6.07 Å². The zero-order valence-corrected chi connectivity index (χ0v) is 11.0. The van der Waals surface area contributed by atoms with E-state index in [9.17, 15) is 13.2 Å². The molecule has 0 saturated heterocycles. The van der Waals surface area contributed by atoms with Gasteiger partial charge in [-0.1, -0.05) is 0 Å². The van der Waals surface area contributed by atoms with Crippen molar-refractivity contribution in [3.05, 3.63) is 11.8 Å². The summed E-state index contributed by atoms with van der Waals surface area (Å²) in [6, 6.07) is 0.795. The molecule has 1 rings (SSSR count). The lowest BCUT2D eigenvalue weighted by Crippen LogP contribution is -2.34. The fourth-order valence-corrected chi connectivity index (χ4v) is 1.58. The van der Waals surface area contributed by atoms with Gasteiger partial charge in [0, 0.05) is 25.7 Å². The van der Waals surface area contributed by atoms with Crippen LogP contribution in [0, 0.1) is 0 Å². The second kappa shape index (κ2) is 6.05. The summed E-state index contributed by atoms with van der Waals surface area (Å²) < 4.78 is 38.2. The molecule has 0 aliphatic heterocycles. The Balaban J connectivity index is 3.25. The van der Waals surface area contributed by atoms with Crippen molar-refractivity contribution >= 4 is 11.8 Å². The van der Waals surface area contributed by atoms with E-state index in [1.165, 1.54) is 7.05 Å². The molecule has 5 nitrogen and oxygen atoms in total. The number of alkyl halides is 3. The van der Waals surface area contributed by atoms with Crippen LogP contribution >= 0.6 is 0 Å². The maximum Gasteiger partial charge on any atom is 0.433 e. The number of nitrogens with one attached hydrogen (secondary N) is 1. The van der Waals surface area contributed by atoms with Gasteiger partial charge in [0.25, 0.3) is 0 Å². The average molecular weight is 278 g/mol. The molecule has 0 saturated carbocycles. The van der Waals surface area contributed by atoms with Gasteiger partial charge in [-0.3, -0.25) is 0 Å². The lowest BCUT2D eigenvalue weighted by molar-refractivity contribution is -0.141. The summed E-state index contributed by atoms with van der Waals surface area (Å²) in [6.07, 6.45) is -4.54. The Kier molecular flexibility index (Phi) is 4.93. The Labute approximate surface area is 109 Å². The zero-order valence-electron chi connectivity index (χ0n) is 11.0. The fourth-order valence-electron chi connectivity index (χ4n) is 1.58. The van der Waals surface area contributed by atoms with Gasteiger partial charge >= 0.3 is 6.18 Å². The van der Waals surface area contributed by atoms with Crippen LogP contribution in [-0.4, -0.2) is 41.3 Å². The Hall–Kier alpha value is -1.57. The van der Waals surface area contributed by atoms with E-state index in [0.29, 0.717) is 0 Å². The number of nitrogens with zero attached hydrogens (tertiary/aromatic N) is 3. The van der Waals surface area contributed by atoms with Crippen molar-refractivity contribution in [2.45, 2.75) is 26.1 Å². The lowest BCUT2D eigenvalue weighted by Gasteiger charge is -2.27. The van der Waals surface area contributed by atoms with Gasteiger partial charge in [-0.2, -0.15) is 18.2 Å². The number of aliphatic hydroxyl groups is 1. The molecule has 0 atom stereocenters. The number of halogens is 3. The number of hydrogen-bond acceptors (Lipinski definition) is 5. The molecule has 2 N–H and O–H groups in total. The van der Waals surface area contributed by atoms with Gasteiger partial charge in [0.05, 0.1) is 6.61 Å². The summed E-state index contributed by atoms with van der Waals surface area (Å²) in [5.74, 6) is 0.0316. The van der Waals surface area contributed by atoms with E-state index in [4.69, 9.17) is 5.11 Å². The van der Waals surface area contributed by atoms with Crippen LogP contribution in [0.1, 0.15) is 19.5 Å². The van der Waals surface area contributed by atoms with Crippen LogP contribution in [0.25, 0.3) is 0 Å². The molecule has 108 valence electrons. The first-order valence-electron chi connectivity index (χ1n) is 5.81. The SMILES string of the molecule is CNc1nc(N(CCO)C(C)C)cc(C(F)(F)F)n1. The van der Waals surface area contributed by atoms with Crippen molar-refractivity contribution in [2.24, 2.45) is 0 Å². The van der Waals surface area contributed by atoms with Crippen LogP contribution in [-0.2, 0) is 6.18 Å². The largest absolute Gasteiger partial charge is 0.433 e. The van der Waals surface area contributed by atoms with Crippen LogP contribution in [0.3, 0.4) is 0 Å². The van der Waals surface area contributed by atoms with Gasteiger partial charge in [0.15, 0.2) is 5.69 Å². The molecule has 1 heterocycles. The summed E-state index contributed by atoms with van der Waals surface area (Å²) in [4.78, 5) is 8.97.